The van der Waals surface area contributed by atoms with Gasteiger partial charge in [-0.05, 0) is 40.2 Å². The van der Waals surface area contributed by atoms with Gasteiger partial charge in [0.2, 0.25) is 5.91 Å². The number of aromatic nitrogens is 2. The molecule has 0 saturated carbocycles. The first-order chi connectivity index (χ1) is 19.5. The number of hydrogen-bond donors (Lipinski definition) is 2. The van der Waals surface area contributed by atoms with Gasteiger partial charge in [0.05, 0.1) is 6.61 Å². The molecule has 3 amide bonds. The fourth-order valence-corrected chi connectivity index (χ4v) is 4.26. The molecule has 2 aromatic rings. The monoisotopic (exact) mass is 569 g/mol. The summed E-state index contributed by atoms with van der Waals surface area (Å²) in [6.45, 7) is 8.15. The molecule has 3 rings (SSSR count). The van der Waals surface area contributed by atoms with Gasteiger partial charge in [0, 0.05) is 56.9 Å². The van der Waals surface area contributed by atoms with E-state index in [4.69, 9.17) is 9.47 Å². The first-order valence-corrected chi connectivity index (χ1v) is 13.8. The number of carbonyl (C=O) groups excluding carboxylic acids is 4. The second-order valence-electron chi connectivity index (χ2n) is 10.6. The number of hydrogen-bond acceptors (Lipinski definition) is 9. The molecule has 2 heterocycles. The quantitative estimate of drug-likeness (QED) is 0.410. The van der Waals surface area contributed by atoms with E-state index >= 15 is 0 Å². The summed E-state index contributed by atoms with van der Waals surface area (Å²) in [5, 5.41) is 12.2. The van der Waals surface area contributed by atoms with Crippen LogP contribution >= 0.6 is 0 Å². The lowest BCUT2D eigenvalue weighted by atomic mass is 10.1. The molecule has 1 aliphatic heterocycles. The normalized spacial score (nSPS) is 14.3. The third-order valence-electron chi connectivity index (χ3n) is 6.19. The summed E-state index contributed by atoms with van der Waals surface area (Å²) in [6.07, 6.45) is -0.302. The molecule has 1 aromatic carbocycles. The van der Waals surface area contributed by atoms with Gasteiger partial charge < -0.3 is 29.7 Å². The maximum absolute atomic E-state index is 13.6. The molecule has 0 spiro atoms. The summed E-state index contributed by atoms with van der Waals surface area (Å²) in [4.78, 5) is 63.5. The second kappa shape index (κ2) is 14.5. The summed E-state index contributed by atoms with van der Waals surface area (Å²) in [7, 11) is 0. The number of piperazine rings is 1. The maximum atomic E-state index is 13.6. The van der Waals surface area contributed by atoms with Crippen LogP contribution in [-0.4, -0.2) is 99.8 Å². The molecule has 2 N–H and O–H groups in total. The van der Waals surface area contributed by atoms with Crippen LogP contribution in [-0.2, 0) is 25.5 Å². The van der Waals surface area contributed by atoms with E-state index in [0.717, 1.165) is 0 Å². The minimum Gasteiger partial charge on any atom is -0.460 e. The highest BCUT2D eigenvalue weighted by Gasteiger charge is 2.32. The molecule has 12 heteroatoms. The largest absolute Gasteiger partial charge is 0.460 e. The van der Waals surface area contributed by atoms with E-state index in [1.54, 1.807) is 32.6 Å². The number of amides is 3. The molecular formula is C29H39N5O7. The van der Waals surface area contributed by atoms with Crippen molar-refractivity contribution >= 4 is 23.9 Å². The van der Waals surface area contributed by atoms with Crippen LogP contribution in [0.2, 0.25) is 0 Å². The lowest BCUT2D eigenvalue weighted by molar-refractivity contribution is -0.155. The Morgan fingerprint density at radius 1 is 1.02 bits per heavy atom. The highest BCUT2D eigenvalue weighted by molar-refractivity contribution is 5.96. The number of nitrogens with zero attached hydrogens (tertiary/aromatic N) is 4. The predicted molar refractivity (Wildman–Crippen MR) is 150 cm³/mol. The Hall–Kier alpha value is -4.06. The van der Waals surface area contributed by atoms with Crippen molar-refractivity contribution in [2.45, 2.75) is 58.6 Å². The van der Waals surface area contributed by atoms with E-state index < -0.39 is 29.6 Å². The molecule has 1 saturated heterocycles. The second-order valence-corrected chi connectivity index (χ2v) is 10.6. The van der Waals surface area contributed by atoms with E-state index in [9.17, 15) is 24.3 Å². The smallest absolute Gasteiger partial charge is 0.409 e. The van der Waals surface area contributed by atoms with Gasteiger partial charge in [0.1, 0.15) is 17.3 Å². The van der Waals surface area contributed by atoms with Crippen LogP contribution in [0.4, 0.5) is 4.79 Å². The van der Waals surface area contributed by atoms with Crippen molar-refractivity contribution < 1.29 is 33.8 Å². The molecule has 1 fully saturated rings. The molecule has 0 aliphatic carbocycles. The standard InChI is InChI=1S/C29H39N5O7/c1-5-40-28(39)34-16-14-33(15-17-34)27(38)22(11-12-24(36)41-29(2,3)4)32-26(37)23-19-21(13-18-35)30-25(31-23)20-9-7-6-8-10-20/h6-10,19,22,35H,5,11-18H2,1-4H3,(H,32,37)/t22-/m0/s1. The third-order valence-corrected chi connectivity index (χ3v) is 6.19. The van der Waals surface area contributed by atoms with Crippen molar-refractivity contribution in [3.63, 3.8) is 0 Å². The molecule has 41 heavy (non-hydrogen) atoms. The predicted octanol–water partition coefficient (Wildman–Crippen LogP) is 2.20. The van der Waals surface area contributed by atoms with Crippen LogP contribution in [0.5, 0.6) is 0 Å². The zero-order valence-corrected chi connectivity index (χ0v) is 24.1. The van der Waals surface area contributed by atoms with Gasteiger partial charge in [0.25, 0.3) is 5.91 Å². The Morgan fingerprint density at radius 2 is 1.68 bits per heavy atom. The molecule has 0 bridgehead atoms. The number of aliphatic hydroxyl groups excluding tert-OH is 1. The summed E-state index contributed by atoms with van der Waals surface area (Å²) in [5.41, 5.74) is 0.502. The van der Waals surface area contributed by atoms with Crippen LogP contribution in [0.1, 0.15) is 56.7 Å². The summed E-state index contributed by atoms with van der Waals surface area (Å²) in [6, 6.07) is 9.55. The molecule has 0 unspecified atom stereocenters. The number of benzene rings is 1. The van der Waals surface area contributed by atoms with Gasteiger partial charge in [-0.3, -0.25) is 14.4 Å². The molecule has 1 aromatic heterocycles. The first kappa shape index (κ1) is 31.5. The van der Waals surface area contributed by atoms with E-state index in [0.29, 0.717) is 17.1 Å². The Kier molecular flexibility index (Phi) is 11.2. The van der Waals surface area contributed by atoms with E-state index in [2.05, 4.69) is 15.3 Å². The average Bonchev–Trinajstić information content (AvgIpc) is 2.94. The number of aliphatic hydroxyl groups is 1. The third kappa shape index (κ3) is 9.52. The van der Waals surface area contributed by atoms with Gasteiger partial charge in [0.15, 0.2) is 5.82 Å². The van der Waals surface area contributed by atoms with Gasteiger partial charge in [-0.25, -0.2) is 14.8 Å². The minimum atomic E-state index is -1.04. The molecule has 12 nitrogen and oxygen atoms in total. The highest BCUT2D eigenvalue weighted by Crippen LogP contribution is 2.17. The SMILES string of the molecule is CCOC(=O)N1CCN(C(=O)[C@H](CCC(=O)OC(C)(C)C)NC(=O)c2cc(CCO)nc(-c3ccccc3)n2)CC1. The number of nitrogens with one attached hydrogen (secondary N) is 1. The van der Waals surface area contributed by atoms with Gasteiger partial charge in [-0.15, -0.1) is 0 Å². The van der Waals surface area contributed by atoms with Crippen LogP contribution < -0.4 is 5.32 Å². The maximum Gasteiger partial charge on any atom is 0.409 e. The zero-order valence-electron chi connectivity index (χ0n) is 24.1. The van der Waals surface area contributed by atoms with Crippen LogP contribution in [0.3, 0.4) is 0 Å². The number of rotatable bonds is 10. The van der Waals surface area contributed by atoms with Crippen LogP contribution in [0, 0.1) is 0 Å². The van der Waals surface area contributed by atoms with Gasteiger partial charge >= 0.3 is 12.1 Å². The Balaban J connectivity index is 1.80. The topological polar surface area (TPSA) is 151 Å². The van der Waals surface area contributed by atoms with E-state index in [-0.39, 0.29) is 70.3 Å². The Bertz CT molecular complexity index is 1210. The summed E-state index contributed by atoms with van der Waals surface area (Å²) >= 11 is 0. The fraction of sp³-hybridized carbons (Fsp3) is 0.517. The zero-order chi connectivity index (χ0) is 30.0. The molecule has 1 atom stereocenters. The van der Waals surface area contributed by atoms with Crippen LogP contribution in [0.25, 0.3) is 11.4 Å². The van der Waals surface area contributed by atoms with Gasteiger partial charge in [-0.1, -0.05) is 30.3 Å². The van der Waals surface area contributed by atoms with Crippen molar-refractivity contribution in [1.82, 2.24) is 25.1 Å². The van der Waals surface area contributed by atoms with E-state index in [1.807, 2.05) is 30.3 Å². The fourth-order valence-electron chi connectivity index (χ4n) is 4.26. The lowest BCUT2D eigenvalue weighted by Crippen LogP contribution is -2.56. The van der Waals surface area contributed by atoms with Crippen molar-refractivity contribution in [1.29, 1.82) is 0 Å². The van der Waals surface area contributed by atoms with Gasteiger partial charge in [-0.2, -0.15) is 0 Å². The number of carbonyl (C=O) groups is 4. The van der Waals surface area contributed by atoms with Crippen molar-refractivity contribution in [2.75, 3.05) is 39.4 Å². The average molecular weight is 570 g/mol. The highest BCUT2D eigenvalue weighted by atomic mass is 16.6. The van der Waals surface area contributed by atoms with E-state index in [1.165, 1.54) is 11.0 Å². The molecule has 1 aliphatic rings. The summed E-state index contributed by atoms with van der Waals surface area (Å²) in [5.74, 6) is -1.17. The Labute approximate surface area is 240 Å². The molecule has 222 valence electrons. The molecule has 0 radical (unpaired) electrons. The Morgan fingerprint density at radius 3 is 2.29 bits per heavy atom. The molecular weight excluding hydrogens is 530 g/mol. The number of ether oxygens (including phenoxy) is 2. The van der Waals surface area contributed by atoms with Crippen molar-refractivity contribution in [2.24, 2.45) is 0 Å². The first-order valence-electron chi connectivity index (χ1n) is 13.8. The van der Waals surface area contributed by atoms with Crippen molar-refractivity contribution in [3.8, 4) is 11.4 Å². The minimum absolute atomic E-state index is 0.0116. The van der Waals surface area contributed by atoms with Crippen LogP contribution in [0.15, 0.2) is 36.4 Å². The summed E-state index contributed by atoms with van der Waals surface area (Å²) < 4.78 is 10.4. The van der Waals surface area contributed by atoms with Crippen molar-refractivity contribution in [3.05, 3.63) is 47.8 Å². The lowest BCUT2D eigenvalue weighted by Gasteiger charge is -2.36. The number of esters is 1.